The monoisotopic (exact) mass is 518 g/mol. The molecule has 36 heavy (non-hydrogen) atoms. The first-order chi connectivity index (χ1) is 16.8. The van der Waals surface area contributed by atoms with Crippen molar-refractivity contribution < 1.29 is 24.2 Å². The van der Waals surface area contributed by atoms with Crippen molar-refractivity contribution in [2.75, 3.05) is 26.3 Å². The summed E-state index contributed by atoms with van der Waals surface area (Å²) in [4.78, 5) is 45.6. The molecule has 0 aliphatic carbocycles. The largest absolute Gasteiger partial charge is 0.465 e. The molecule has 0 bridgehead atoms. The zero-order valence-electron chi connectivity index (χ0n) is 22.6. The van der Waals surface area contributed by atoms with Crippen molar-refractivity contribution in [1.82, 2.24) is 9.80 Å². The van der Waals surface area contributed by atoms with Crippen LogP contribution >= 0.6 is 11.8 Å². The first kappa shape index (κ1) is 27.2. The second-order valence-electron chi connectivity index (χ2n) is 12.7. The lowest BCUT2D eigenvalue weighted by molar-refractivity contribution is -0.154. The van der Waals surface area contributed by atoms with Crippen LogP contribution in [0.4, 0.5) is 0 Å². The molecule has 0 aromatic rings. The molecule has 7 nitrogen and oxygen atoms in total. The maximum atomic E-state index is 14.5. The molecule has 200 valence electrons. The fraction of sp³-hybridized carbons (Fsp3) is 0.750. The van der Waals surface area contributed by atoms with Gasteiger partial charge < -0.3 is 19.6 Å². The number of aliphatic hydroxyl groups excluding tert-OH is 1. The summed E-state index contributed by atoms with van der Waals surface area (Å²) >= 11 is 1.57. The van der Waals surface area contributed by atoms with Gasteiger partial charge in [0.15, 0.2) is 0 Å². The van der Waals surface area contributed by atoms with Gasteiger partial charge in [-0.3, -0.25) is 14.4 Å². The Morgan fingerprint density at radius 2 is 1.81 bits per heavy atom. The second kappa shape index (κ2) is 9.50. The number of esters is 1. The van der Waals surface area contributed by atoms with Crippen molar-refractivity contribution in [3.05, 3.63) is 24.3 Å². The van der Waals surface area contributed by atoms with Crippen LogP contribution in [-0.2, 0) is 19.1 Å². The highest BCUT2D eigenvalue weighted by Gasteiger charge is 2.74. The van der Waals surface area contributed by atoms with Gasteiger partial charge in [-0.05, 0) is 51.9 Å². The third kappa shape index (κ3) is 4.53. The van der Waals surface area contributed by atoms with E-state index in [1.807, 2.05) is 24.0 Å². The van der Waals surface area contributed by atoms with E-state index in [0.717, 1.165) is 19.3 Å². The lowest BCUT2D eigenvalue weighted by Crippen LogP contribution is -2.58. The minimum absolute atomic E-state index is 0.0101. The van der Waals surface area contributed by atoms with E-state index in [1.54, 1.807) is 16.7 Å². The molecular weight excluding hydrogens is 476 g/mol. The highest BCUT2D eigenvalue weighted by Crippen LogP contribution is 2.65. The SMILES string of the molecule is CC(C)(C)CC(C)(C)N1CC=C[C@]23S[C@@]4(C)/C=C\CCCOC(=O)[C@H]4[C@H]2C(=O)N(CCCO)C3C1=O. The number of nitrogens with zero attached hydrogens (tertiary/aromatic N) is 2. The second-order valence-corrected chi connectivity index (χ2v) is 14.5. The normalized spacial score (nSPS) is 35.9. The Bertz CT molecular complexity index is 969. The molecule has 1 spiro atoms. The van der Waals surface area contributed by atoms with Crippen LogP contribution < -0.4 is 0 Å². The molecule has 4 aliphatic rings. The average Bonchev–Trinajstić information content (AvgIpc) is 3.09. The summed E-state index contributed by atoms with van der Waals surface area (Å²) in [5.74, 6) is -2.00. The van der Waals surface area contributed by atoms with Gasteiger partial charge in [-0.2, -0.15) is 0 Å². The van der Waals surface area contributed by atoms with Gasteiger partial charge in [0, 0.05) is 30.0 Å². The summed E-state index contributed by atoms with van der Waals surface area (Å²) in [7, 11) is 0. The number of likely N-dealkylation sites (tertiary alicyclic amines) is 1. The van der Waals surface area contributed by atoms with Gasteiger partial charge in [0.2, 0.25) is 11.8 Å². The maximum Gasteiger partial charge on any atom is 0.311 e. The van der Waals surface area contributed by atoms with Gasteiger partial charge in [-0.25, -0.2) is 0 Å². The molecule has 8 heteroatoms. The van der Waals surface area contributed by atoms with Crippen molar-refractivity contribution in [1.29, 1.82) is 0 Å². The third-order valence-electron chi connectivity index (χ3n) is 8.00. The zero-order chi connectivity index (χ0) is 26.5. The van der Waals surface area contributed by atoms with E-state index in [0.29, 0.717) is 19.6 Å². The summed E-state index contributed by atoms with van der Waals surface area (Å²) in [5.41, 5.74) is -0.420. The minimum Gasteiger partial charge on any atom is -0.465 e. The number of hydrogen-bond donors (Lipinski definition) is 1. The number of carbonyl (C=O) groups is 3. The van der Waals surface area contributed by atoms with Crippen molar-refractivity contribution in [3.63, 3.8) is 0 Å². The lowest BCUT2D eigenvalue weighted by Gasteiger charge is -2.44. The number of ether oxygens (including phenoxy) is 1. The van der Waals surface area contributed by atoms with Gasteiger partial charge >= 0.3 is 5.97 Å². The fourth-order valence-corrected chi connectivity index (χ4v) is 9.21. The van der Waals surface area contributed by atoms with E-state index in [1.165, 1.54) is 0 Å². The van der Waals surface area contributed by atoms with Crippen molar-refractivity contribution in [2.24, 2.45) is 17.3 Å². The van der Waals surface area contributed by atoms with Crippen LogP contribution in [0.2, 0.25) is 0 Å². The summed E-state index contributed by atoms with van der Waals surface area (Å²) in [6.07, 6.45) is 11.0. The summed E-state index contributed by atoms with van der Waals surface area (Å²) in [6.45, 7) is 13.7. The van der Waals surface area contributed by atoms with Crippen molar-refractivity contribution >= 4 is 29.5 Å². The maximum absolute atomic E-state index is 14.5. The molecule has 4 aliphatic heterocycles. The van der Waals surface area contributed by atoms with E-state index in [2.05, 4.69) is 46.8 Å². The van der Waals surface area contributed by atoms with Gasteiger partial charge in [-0.15, -0.1) is 11.8 Å². The number of aliphatic hydroxyl groups is 1. The summed E-state index contributed by atoms with van der Waals surface area (Å²) < 4.78 is 4.12. The zero-order valence-corrected chi connectivity index (χ0v) is 23.4. The molecule has 2 amide bonds. The smallest absolute Gasteiger partial charge is 0.311 e. The quantitative estimate of drug-likeness (QED) is 0.442. The first-order valence-corrected chi connectivity index (χ1v) is 14.0. The third-order valence-corrected chi connectivity index (χ3v) is 9.80. The number of carbonyl (C=O) groups excluding carboxylic acids is 3. The molecule has 5 atom stereocenters. The number of cyclic esters (lactones) is 1. The molecule has 4 heterocycles. The number of allylic oxidation sites excluding steroid dienone is 1. The molecule has 1 N–H and O–H groups in total. The molecule has 1 unspecified atom stereocenters. The van der Waals surface area contributed by atoms with Gasteiger partial charge in [0.1, 0.15) is 6.04 Å². The summed E-state index contributed by atoms with van der Waals surface area (Å²) in [5, 5.41) is 9.57. The van der Waals surface area contributed by atoms with Gasteiger partial charge in [0.25, 0.3) is 0 Å². The van der Waals surface area contributed by atoms with Crippen molar-refractivity contribution in [3.8, 4) is 0 Å². The van der Waals surface area contributed by atoms with E-state index < -0.39 is 32.9 Å². The van der Waals surface area contributed by atoms with Crippen LogP contribution in [0.1, 0.15) is 67.2 Å². The van der Waals surface area contributed by atoms with E-state index >= 15 is 0 Å². The molecular formula is C28H42N2O5S. The summed E-state index contributed by atoms with van der Waals surface area (Å²) in [6, 6.07) is -0.738. The Morgan fingerprint density at radius 3 is 2.47 bits per heavy atom. The number of thioether (sulfide) groups is 1. The first-order valence-electron chi connectivity index (χ1n) is 13.2. The lowest BCUT2D eigenvalue weighted by atomic mass is 9.74. The predicted octanol–water partition coefficient (Wildman–Crippen LogP) is 3.56. The Labute approximate surface area is 219 Å². The minimum atomic E-state index is -0.877. The molecule has 0 aromatic carbocycles. The average molecular weight is 519 g/mol. The molecule has 4 rings (SSSR count). The van der Waals surface area contributed by atoms with Gasteiger partial charge in [0.05, 0.1) is 23.2 Å². The Hall–Kier alpha value is -1.80. The Balaban J connectivity index is 1.83. The Kier molecular flexibility index (Phi) is 7.19. The highest BCUT2D eigenvalue weighted by atomic mass is 32.2. The molecule has 2 saturated heterocycles. The molecule has 2 fully saturated rings. The number of fused-ring (bicyclic) bond motifs is 2. The predicted molar refractivity (Wildman–Crippen MR) is 141 cm³/mol. The molecule has 0 aromatic heterocycles. The highest BCUT2D eigenvalue weighted by molar-refractivity contribution is 8.02. The van der Waals surface area contributed by atoms with E-state index in [-0.39, 0.29) is 36.4 Å². The van der Waals surface area contributed by atoms with E-state index in [9.17, 15) is 19.5 Å². The van der Waals surface area contributed by atoms with Crippen LogP contribution in [0.15, 0.2) is 24.3 Å². The molecule has 0 radical (unpaired) electrons. The standard InChI is InChI=1S/C28H42N2O5S/c1-25(2,3)18-26(4,5)30-15-10-13-28-19(22(32)29(14-11-16-31)21(28)23(30)33)20-24(34)35-17-9-7-8-12-27(20,6)36-28/h8,10,12-13,19-21,31H,7,9,11,14-18H2,1-6H3/b12-8-/t19-,20+,21?,27-,28-/m0/s1. The van der Waals surface area contributed by atoms with Crippen LogP contribution in [0.3, 0.4) is 0 Å². The topological polar surface area (TPSA) is 87.2 Å². The van der Waals surface area contributed by atoms with Crippen molar-refractivity contribution in [2.45, 2.75) is 88.3 Å². The van der Waals surface area contributed by atoms with Crippen LogP contribution in [0.5, 0.6) is 0 Å². The Morgan fingerprint density at radius 1 is 1.08 bits per heavy atom. The molecule has 0 saturated carbocycles. The van der Waals surface area contributed by atoms with E-state index in [4.69, 9.17) is 4.74 Å². The number of hydrogen-bond acceptors (Lipinski definition) is 6. The fourth-order valence-electron chi connectivity index (χ4n) is 7.05. The number of rotatable bonds is 5. The van der Waals surface area contributed by atoms with Gasteiger partial charge in [-0.1, -0.05) is 45.1 Å². The van der Waals surface area contributed by atoms with Crippen LogP contribution in [0.25, 0.3) is 0 Å². The number of amides is 2. The van der Waals surface area contributed by atoms with Crippen LogP contribution in [-0.4, -0.2) is 80.1 Å². The van der Waals surface area contributed by atoms with Crippen LogP contribution in [0, 0.1) is 17.3 Å².